The van der Waals surface area contributed by atoms with Crippen LogP contribution in [-0.2, 0) is 47.2 Å². The summed E-state index contributed by atoms with van der Waals surface area (Å²) in [6.45, 7) is 6.96. The Morgan fingerprint density at radius 1 is 0.684 bits per heavy atom. The second kappa shape index (κ2) is 24.6. The number of benzene rings is 6. The average Bonchev–Trinajstić information content (AvgIpc) is 4.30. The molecule has 6 aromatic carbocycles. The lowest BCUT2D eigenvalue weighted by atomic mass is 9.77. The van der Waals surface area contributed by atoms with E-state index >= 15 is 0 Å². The molecule has 9 rings (SSSR count). The highest BCUT2D eigenvalue weighted by atomic mass is 16.5. The number of nitrogens with zero attached hydrogens (tertiary/aromatic N) is 3. The summed E-state index contributed by atoms with van der Waals surface area (Å²) >= 11 is 0. The van der Waals surface area contributed by atoms with Gasteiger partial charge in [-0.2, -0.15) is 0 Å². The lowest BCUT2D eigenvalue weighted by Crippen LogP contribution is -2.60. The van der Waals surface area contributed by atoms with Gasteiger partial charge >= 0.3 is 6.09 Å². The van der Waals surface area contributed by atoms with Crippen molar-refractivity contribution in [3.05, 3.63) is 221 Å². The number of fused-ring (bicyclic) bond motifs is 3. The smallest absolute Gasteiger partial charge is 0.407 e. The summed E-state index contributed by atoms with van der Waals surface area (Å²) in [7, 11) is 0. The summed E-state index contributed by atoms with van der Waals surface area (Å²) in [6.07, 6.45) is 4.22. The summed E-state index contributed by atoms with van der Waals surface area (Å²) in [5, 5.41) is 14.2. The maximum atomic E-state index is 14.7. The van der Waals surface area contributed by atoms with E-state index in [-0.39, 0.29) is 37.3 Å². The normalized spacial score (nSPS) is 15.1. The van der Waals surface area contributed by atoms with E-state index < -0.39 is 65.5 Å². The Bertz CT molecular complexity index is 3120. The molecule has 1 aliphatic carbocycles. The molecule has 79 heavy (non-hydrogen) atoms. The highest BCUT2D eigenvalue weighted by molar-refractivity contribution is 5.97. The number of hydrogen-bond acceptors (Lipinski definition) is 8. The average molecular weight is 1060 g/mol. The third kappa shape index (κ3) is 12.2. The molecule has 15 heteroatoms. The van der Waals surface area contributed by atoms with Crippen molar-refractivity contribution in [1.29, 1.82) is 0 Å². The number of likely N-dealkylation sites (tertiary alicyclic amines) is 1. The lowest BCUT2D eigenvalue weighted by molar-refractivity contribution is -0.140. The predicted octanol–water partition coefficient (Wildman–Crippen LogP) is 8.02. The van der Waals surface area contributed by atoms with Crippen molar-refractivity contribution in [2.75, 3.05) is 19.7 Å². The zero-order valence-electron chi connectivity index (χ0n) is 45.1. The maximum absolute atomic E-state index is 14.7. The fourth-order valence-electron chi connectivity index (χ4n) is 11.0. The standard InChI is InChI=1S/C64H68N8O7/c1-5-43(2)57(60(76)65-38-44-23-10-6-11-24-44)69-59(75)55-35-22-36-72(55)56(73)39-66-61(77)63(3,4)70-58(74)54(68-62(78)79-41-53-51-33-20-18-31-49(51)50-32-19-21-34-52(50)53)37-48-40-71(42-67-48)64(45-25-12-7-13-26-45,46-27-14-8-15-28-46)47-29-16-9-17-30-47/h6-21,23-34,40,42-43,53-55,57H,5,22,35-39,41H2,1-4H3,(H,65,76)(H,66,77)(H,68,78)(H,69,75)(H,70,74)/t43-,54-,55-,57-/m0/s1. The van der Waals surface area contributed by atoms with Crippen LogP contribution in [0.4, 0.5) is 4.79 Å². The molecule has 5 N–H and O–H groups in total. The number of amides is 6. The number of aromatic nitrogens is 2. The number of imidazole rings is 1. The largest absolute Gasteiger partial charge is 0.449 e. The summed E-state index contributed by atoms with van der Waals surface area (Å²) in [4.78, 5) is 90.2. The van der Waals surface area contributed by atoms with Crippen LogP contribution in [0.2, 0.25) is 0 Å². The number of nitrogens with one attached hydrogen (secondary N) is 5. The Morgan fingerprint density at radius 2 is 1.23 bits per heavy atom. The van der Waals surface area contributed by atoms with E-state index in [1.807, 2.05) is 158 Å². The Kier molecular flexibility index (Phi) is 17.1. The molecule has 1 aliphatic heterocycles. The monoisotopic (exact) mass is 1060 g/mol. The summed E-state index contributed by atoms with van der Waals surface area (Å²) in [6, 6.07) is 52.8. The van der Waals surface area contributed by atoms with E-state index in [2.05, 4.69) is 63.0 Å². The first-order chi connectivity index (χ1) is 38.3. The van der Waals surface area contributed by atoms with E-state index in [0.29, 0.717) is 31.5 Å². The molecule has 0 unspecified atom stereocenters. The quantitative estimate of drug-likeness (QED) is 0.0447. The molecule has 2 heterocycles. The molecular weight excluding hydrogens is 993 g/mol. The molecule has 1 fully saturated rings. The number of carbonyl (C=O) groups excluding carboxylic acids is 6. The molecule has 0 spiro atoms. The van der Waals surface area contributed by atoms with Crippen molar-refractivity contribution in [3.63, 3.8) is 0 Å². The predicted molar refractivity (Wildman–Crippen MR) is 302 cm³/mol. The molecule has 7 aromatic rings. The second-order valence-electron chi connectivity index (χ2n) is 20.9. The van der Waals surface area contributed by atoms with E-state index in [0.717, 1.165) is 44.5 Å². The molecule has 0 saturated carbocycles. The van der Waals surface area contributed by atoms with Crippen LogP contribution in [0.1, 0.15) is 91.9 Å². The van der Waals surface area contributed by atoms with E-state index in [1.54, 1.807) is 6.33 Å². The molecule has 0 bridgehead atoms. The van der Waals surface area contributed by atoms with Crippen molar-refractivity contribution in [2.45, 2.75) is 95.0 Å². The number of carbonyl (C=O) groups is 6. The van der Waals surface area contributed by atoms with Gasteiger partial charge in [-0.3, -0.25) is 24.0 Å². The zero-order valence-corrected chi connectivity index (χ0v) is 45.1. The van der Waals surface area contributed by atoms with Gasteiger partial charge < -0.3 is 40.8 Å². The van der Waals surface area contributed by atoms with Crippen molar-refractivity contribution in [2.24, 2.45) is 5.92 Å². The minimum Gasteiger partial charge on any atom is -0.449 e. The van der Waals surface area contributed by atoms with Crippen LogP contribution in [0.25, 0.3) is 11.1 Å². The van der Waals surface area contributed by atoms with Gasteiger partial charge in [-0.25, -0.2) is 9.78 Å². The van der Waals surface area contributed by atoms with Crippen LogP contribution >= 0.6 is 0 Å². The minimum atomic E-state index is -1.61. The Labute approximate surface area is 461 Å². The van der Waals surface area contributed by atoms with Crippen LogP contribution in [0.5, 0.6) is 0 Å². The maximum Gasteiger partial charge on any atom is 0.407 e. The minimum absolute atomic E-state index is 0.000562. The van der Waals surface area contributed by atoms with Gasteiger partial charge in [0.15, 0.2) is 0 Å². The third-order valence-electron chi connectivity index (χ3n) is 15.3. The fraction of sp³-hybridized carbons (Fsp3) is 0.297. The molecule has 4 atom stereocenters. The van der Waals surface area contributed by atoms with Gasteiger partial charge in [0.25, 0.3) is 0 Å². The van der Waals surface area contributed by atoms with Crippen LogP contribution in [0, 0.1) is 5.92 Å². The summed E-state index contributed by atoms with van der Waals surface area (Å²) < 4.78 is 7.98. The first kappa shape index (κ1) is 54.9. The van der Waals surface area contributed by atoms with E-state index in [9.17, 15) is 28.8 Å². The Morgan fingerprint density at radius 3 is 1.80 bits per heavy atom. The van der Waals surface area contributed by atoms with Gasteiger partial charge in [0, 0.05) is 31.6 Å². The first-order valence-corrected chi connectivity index (χ1v) is 27.1. The number of ether oxygens (including phenoxy) is 1. The van der Waals surface area contributed by atoms with Gasteiger partial charge in [0.2, 0.25) is 29.5 Å². The topological polar surface area (TPSA) is 193 Å². The van der Waals surface area contributed by atoms with Gasteiger partial charge in [0.1, 0.15) is 35.8 Å². The molecule has 406 valence electrons. The third-order valence-corrected chi connectivity index (χ3v) is 15.3. The molecule has 2 aliphatic rings. The first-order valence-electron chi connectivity index (χ1n) is 27.1. The molecular formula is C64H68N8O7. The molecule has 0 radical (unpaired) electrons. The summed E-state index contributed by atoms with van der Waals surface area (Å²) in [5.74, 6) is -3.07. The van der Waals surface area contributed by atoms with Crippen molar-refractivity contribution in [3.8, 4) is 11.1 Å². The van der Waals surface area contributed by atoms with Crippen LogP contribution in [0.15, 0.2) is 182 Å². The lowest BCUT2D eigenvalue weighted by Gasteiger charge is -2.37. The molecule has 6 amide bonds. The molecule has 1 aromatic heterocycles. The second-order valence-corrected chi connectivity index (χ2v) is 20.9. The van der Waals surface area contributed by atoms with Crippen molar-refractivity contribution >= 4 is 35.6 Å². The van der Waals surface area contributed by atoms with Gasteiger partial charge in [-0.15, -0.1) is 0 Å². The zero-order chi connectivity index (χ0) is 55.5. The van der Waals surface area contributed by atoms with Crippen LogP contribution in [-0.4, -0.2) is 93.4 Å². The van der Waals surface area contributed by atoms with Crippen LogP contribution in [0.3, 0.4) is 0 Å². The fourth-order valence-corrected chi connectivity index (χ4v) is 11.0. The highest BCUT2D eigenvalue weighted by Gasteiger charge is 2.41. The Balaban J connectivity index is 0.912. The highest BCUT2D eigenvalue weighted by Crippen LogP contribution is 2.45. The molecule has 15 nitrogen and oxygen atoms in total. The van der Waals surface area contributed by atoms with Gasteiger partial charge in [-0.05, 0) is 77.1 Å². The van der Waals surface area contributed by atoms with Crippen molar-refractivity contribution in [1.82, 2.24) is 41.0 Å². The molecule has 1 saturated heterocycles. The van der Waals surface area contributed by atoms with Crippen molar-refractivity contribution < 1.29 is 33.5 Å². The Hall–Kier alpha value is -8.85. The van der Waals surface area contributed by atoms with E-state index in [4.69, 9.17) is 9.72 Å². The van der Waals surface area contributed by atoms with Gasteiger partial charge in [0.05, 0.1) is 18.6 Å². The number of hydrogen-bond donors (Lipinski definition) is 5. The number of rotatable bonds is 21. The summed E-state index contributed by atoms with van der Waals surface area (Å²) in [5.41, 5.74) is 5.95. The van der Waals surface area contributed by atoms with Crippen LogP contribution < -0.4 is 26.6 Å². The van der Waals surface area contributed by atoms with E-state index in [1.165, 1.54) is 18.7 Å². The SMILES string of the molecule is CC[C@H](C)[C@H](NC(=O)[C@@H]1CCCN1C(=O)CNC(=O)C(C)(C)NC(=O)[C@H](Cc1cn(C(c2ccccc2)(c2ccccc2)c2ccccc2)cn1)NC(=O)OCC1c2ccccc2-c2ccccc21)C(=O)NCc1ccccc1. The van der Waals surface area contributed by atoms with Gasteiger partial charge in [-0.1, -0.05) is 190 Å². The number of alkyl carbamates (subject to hydrolysis) is 1.